The number of nitrogens with one attached hydrogen (secondary N) is 1. The van der Waals surface area contributed by atoms with Crippen LogP contribution >= 0.6 is 0 Å². The average molecular weight is 269 g/mol. The summed E-state index contributed by atoms with van der Waals surface area (Å²) in [5.41, 5.74) is 2.11. The highest BCUT2D eigenvalue weighted by atomic mass is 16.3. The Morgan fingerprint density at radius 2 is 2.05 bits per heavy atom. The second-order valence-corrected chi connectivity index (χ2v) is 4.64. The zero-order valence-electron chi connectivity index (χ0n) is 11.6. The van der Waals surface area contributed by atoms with Crippen LogP contribution < -0.4 is 5.32 Å². The highest BCUT2D eigenvalue weighted by molar-refractivity contribution is 6.01. The third kappa shape index (κ3) is 4.43. The maximum atomic E-state index is 11.7. The smallest absolute Gasteiger partial charge is 0.248 e. The Balaban J connectivity index is 1.87. The number of furan rings is 1. The fourth-order valence-electron chi connectivity index (χ4n) is 1.86. The molecule has 2 rings (SSSR count). The van der Waals surface area contributed by atoms with Gasteiger partial charge in [-0.15, -0.1) is 0 Å². The van der Waals surface area contributed by atoms with Crippen molar-refractivity contribution in [1.29, 1.82) is 0 Å². The molecule has 104 valence electrons. The van der Waals surface area contributed by atoms with Crippen LogP contribution in [0.3, 0.4) is 0 Å². The molecule has 2 aromatic rings. The molecule has 1 heterocycles. The van der Waals surface area contributed by atoms with Crippen LogP contribution in [-0.2, 0) is 11.2 Å². The number of amides is 1. The molecule has 0 radical (unpaired) electrons. The van der Waals surface area contributed by atoms with Crippen molar-refractivity contribution in [3.05, 3.63) is 60.1 Å². The number of unbranched alkanes of at least 4 members (excludes halogenated alkanes) is 1. The SMILES string of the molecule is CCCCc1ccc(NC(=O)C=Cc2ccco2)cc1. The van der Waals surface area contributed by atoms with E-state index in [1.807, 2.05) is 12.1 Å². The molecule has 20 heavy (non-hydrogen) atoms. The molecule has 0 aliphatic rings. The first kappa shape index (κ1) is 14.1. The van der Waals surface area contributed by atoms with Gasteiger partial charge in [-0.05, 0) is 48.7 Å². The van der Waals surface area contributed by atoms with E-state index in [9.17, 15) is 4.79 Å². The summed E-state index contributed by atoms with van der Waals surface area (Å²) in [6.45, 7) is 2.18. The summed E-state index contributed by atoms with van der Waals surface area (Å²) in [6.07, 6.45) is 8.15. The van der Waals surface area contributed by atoms with Crippen molar-refractivity contribution < 1.29 is 9.21 Å². The number of hydrogen-bond donors (Lipinski definition) is 1. The van der Waals surface area contributed by atoms with Gasteiger partial charge in [-0.2, -0.15) is 0 Å². The zero-order valence-corrected chi connectivity index (χ0v) is 11.6. The first-order valence-electron chi connectivity index (χ1n) is 6.89. The zero-order chi connectivity index (χ0) is 14.2. The molecule has 0 aliphatic heterocycles. The maximum Gasteiger partial charge on any atom is 0.248 e. The van der Waals surface area contributed by atoms with Crippen molar-refractivity contribution in [3.63, 3.8) is 0 Å². The van der Waals surface area contributed by atoms with Crippen molar-refractivity contribution in [3.8, 4) is 0 Å². The van der Waals surface area contributed by atoms with Crippen molar-refractivity contribution in [1.82, 2.24) is 0 Å². The highest BCUT2D eigenvalue weighted by Crippen LogP contribution is 2.12. The first-order valence-corrected chi connectivity index (χ1v) is 6.89. The van der Waals surface area contributed by atoms with Gasteiger partial charge in [0.25, 0.3) is 0 Å². The first-order chi connectivity index (χ1) is 9.78. The summed E-state index contributed by atoms with van der Waals surface area (Å²) in [4.78, 5) is 11.7. The fraction of sp³-hybridized carbons (Fsp3) is 0.235. The van der Waals surface area contributed by atoms with E-state index < -0.39 is 0 Å². The third-order valence-corrected chi connectivity index (χ3v) is 2.98. The highest BCUT2D eigenvalue weighted by Gasteiger charge is 1.99. The molecule has 1 N–H and O–H groups in total. The van der Waals surface area contributed by atoms with E-state index in [0.29, 0.717) is 5.76 Å². The predicted octanol–water partition coefficient (Wildman–Crippen LogP) is 4.27. The van der Waals surface area contributed by atoms with Gasteiger partial charge in [0.2, 0.25) is 5.91 Å². The molecule has 0 aliphatic carbocycles. The molecule has 0 unspecified atom stereocenters. The molecule has 0 spiro atoms. The van der Waals surface area contributed by atoms with Gasteiger partial charge in [0.15, 0.2) is 0 Å². The van der Waals surface area contributed by atoms with Crippen molar-refractivity contribution >= 4 is 17.7 Å². The summed E-state index contributed by atoms with van der Waals surface area (Å²) in [5, 5.41) is 2.82. The van der Waals surface area contributed by atoms with Gasteiger partial charge in [-0.1, -0.05) is 25.5 Å². The Bertz CT molecular complexity index is 553. The number of carbonyl (C=O) groups is 1. The number of anilines is 1. The topological polar surface area (TPSA) is 42.2 Å². The van der Waals surface area contributed by atoms with Gasteiger partial charge >= 0.3 is 0 Å². The van der Waals surface area contributed by atoms with Crippen molar-refractivity contribution in [2.45, 2.75) is 26.2 Å². The molecular weight excluding hydrogens is 250 g/mol. The molecular formula is C17H19NO2. The van der Waals surface area contributed by atoms with E-state index in [-0.39, 0.29) is 5.91 Å². The van der Waals surface area contributed by atoms with Gasteiger partial charge in [-0.3, -0.25) is 4.79 Å². The molecule has 1 aromatic heterocycles. The van der Waals surface area contributed by atoms with Crippen LogP contribution in [0.5, 0.6) is 0 Å². The summed E-state index contributed by atoms with van der Waals surface area (Å²) in [6, 6.07) is 11.6. The Hall–Kier alpha value is -2.29. The van der Waals surface area contributed by atoms with Crippen LogP contribution in [0.2, 0.25) is 0 Å². The predicted molar refractivity (Wildman–Crippen MR) is 81.4 cm³/mol. The third-order valence-electron chi connectivity index (χ3n) is 2.98. The maximum absolute atomic E-state index is 11.7. The van der Waals surface area contributed by atoms with Crippen LogP contribution in [0.1, 0.15) is 31.1 Å². The molecule has 3 nitrogen and oxygen atoms in total. The van der Waals surface area contributed by atoms with Crippen LogP contribution in [0.4, 0.5) is 5.69 Å². The van der Waals surface area contributed by atoms with Crippen LogP contribution in [0.15, 0.2) is 53.2 Å². The molecule has 1 aromatic carbocycles. The van der Waals surface area contributed by atoms with E-state index in [1.54, 1.807) is 24.5 Å². The van der Waals surface area contributed by atoms with Gasteiger partial charge in [0.05, 0.1) is 6.26 Å². The van der Waals surface area contributed by atoms with E-state index in [2.05, 4.69) is 24.4 Å². The van der Waals surface area contributed by atoms with Gasteiger partial charge < -0.3 is 9.73 Å². The molecule has 3 heteroatoms. The Morgan fingerprint density at radius 3 is 2.70 bits per heavy atom. The molecule has 0 saturated heterocycles. The second-order valence-electron chi connectivity index (χ2n) is 4.64. The molecule has 1 amide bonds. The number of hydrogen-bond acceptors (Lipinski definition) is 2. The van der Waals surface area contributed by atoms with E-state index in [0.717, 1.165) is 12.1 Å². The van der Waals surface area contributed by atoms with Gasteiger partial charge in [0.1, 0.15) is 5.76 Å². The van der Waals surface area contributed by atoms with Crippen LogP contribution in [0.25, 0.3) is 6.08 Å². The van der Waals surface area contributed by atoms with Crippen molar-refractivity contribution in [2.24, 2.45) is 0 Å². The second kappa shape index (κ2) is 7.34. The Labute approximate surface area is 119 Å². The van der Waals surface area contributed by atoms with Crippen LogP contribution in [-0.4, -0.2) is 5.91 Å². The average Bonchev–Trinajstić information content (AvgIpc) is 2.98. The number of rotatable bonds is 6. The lowest BCUT2D eigenvalue weighted by Crippen LogP contribution is -2.07. The van der Waals surface area contributed by atoms with Crippen molar-refractivity contribution in [2.75, 3.05) is 5.32 Å². The van der Waals surface area contributed by atoms with Crippen LogP contribution in [0, 0.1) is 0 Å². The van der Waals surface area contributed by atoms with E-state index >= 15 is 0 Å². The van der Waals surface area contributed by atoms with E-state index in [1.165, 1.54) is 24.5 Å². The Kier molecular flexibility index (Phi) is 5.18. The molecule has 0 atom stereocenters. The lowest BCUT2D eigenvalue weighted by Gasteiger charge is -2.04. The number of aryl methyl sites for hydroxylation is 1. The normalized spacial score (nSPS) is 10.8. The van der Waals surface area contributed by atoms with E-state index in [4.69, 9.17) is 4.42 Å². The molecule has 0 saturated carbocycles. The molecule has 0 bridgehead atoms. The minimum Gasteiger partial charge on any atom is -0.465 e. The summed E-state index contributed by atoms with van der Waals surface area (Å²) < 4.78 is 5.12. The largest absolute Gasteiger partial charge is 0.465 e. The Morgan fingerprint density at radius 1 is 1.25 bits per heavy atom. The minimum absolute atomic E-state index is 0.164. The monoisotopic (exact) mass is 269 g/mol. The lowest BCUT2D eigenvalue weighted by molar-refractivity contribution is -0.111. The fourth-order valence-corrected chi connectivity index (χ4v) is 1.86. The number of benzene rings is 1. The molecule has 0 fully saturated rings. The van der Waals surface area contributed by atoms with Gasteiger partial charge in [0, 0.05) is 11.8 Å². The summed E-state index contributed by atoms with van der Waals surface area (Å²) >= 11 is 0. The lowest BCUT2D eigenvalue weighted by atomic mass is 10.1. The summed E-state index contributed by atoms with van der Waals surface area (Å²) in [5.74, 6) is 0.498. The standard InChI is InChI=1S/C17H19NO2/c1-2-3-5-14-7-9-15(10-8-14)18-17(19)12-11-16-6-4-13-20-16/h4,6-13H,2-3,5H2,1H3,(H,18,19). The number of carbonyl (C=O) groups excluding carboxylic acids is 1. The van der Waals surface area contributed by atoms with Gasteiger partial charge in [-0.25, -0.2) is 0 Å². The minimum atomic E-state index is -0.164. The quantitative estimate of drug-likeness (QED) is 0.795. The summed E-state index contributed by atoms with van der Waals surface area (Å²) in [7, 11) is 0.